The van der Waals surface area contributed by atoms with Gasteiger partial charge in [0.05, 0.1) is 22.1 Å². The molecule has 7 heteroatoms. The first-order valence-electron chi connectivity index (χ1n) is 6.34. The first-order valence-corrected chi connectivity index (χ1v) is 6.72. The molecule has 0 atom stereocenters. The van der Waals surface area contributed by atoms with Gasteiger partial charge in [0.25, 0.3) is 11.6 Å². The third-order valence-corrected chi connectivity index (χ3v) is 3.22. The largest absolute Gasteiger partial charge is 0.380 e. The summed E-state index contributed by atoms with van der Waals surface area (Å²) < 4.78 is 5.03. The van der Waals surface area contributed by atoms with Crippen molar-refractivity contribution in [3.63, 3.8) is 0 Å². The lowest BCUT2D eigenvalue weighted by molar-refractivity contribution is -0.384. The second-order valence-corrected chi connectivity index (χ2v) is 4.92. The summed E-state index contributed by atoms with van der Waals surface area (Å²) in [7, 11) is 1.59. The van der Waals surface area contributed by atoms with Gasteiger partial charge in [0.2, 0.25) is 0 Å². The van der Waals surface area contributed by atoms with E-state index in [2.05, 4.69) is 5.32 Å². The topological polar surface area (TPSA) is 81.5 Å². The number of non-ortho nitro benzene ring substituents is 1. The van der Waals surface area contributed by atoms with Gasteiger partial charge in [-0.3, -0.25) is 14.9 Å². The number of halogens is 1. The van der Waals surface area contributed by atoms with E-state index in [1.807, 2.05) is 6.07 Å². The van der Waals surface area contributed by atoms with Crippen LogP contribution in [0, 0.1) is 10.1 Å². The number of carbonyl (C=O) groups is 1. The van der Waals surface area contributed by atoms with Crippen LogP contribution in [0.25, 0.3) is 0 Å². The lowest BCUT2D eigenvalue weighted by Crippen LogP contribution is -2.12. The van der Waals surface area contributed by atoms with Crippen LogP contribution in [0.15, 0.2) is 42.5 Å². The second kappa shape index (κ2) is 7.02. The van der Waals surface area contributed by atoms with Crippen LogP contribution in [0.4, 0.5) is 11.4 Å². The number of hydrogen-bond acceptors (Lipinski definition) is 4. The van der Waals surface area contributed by atoms with Crippen molar-refractivity contribution >= 4 is 28.9 Å². The van der Waals surface area contributed by atoms with Gasteiger partial charge in [-0.15, -0.1) is 0 Å². The van der Waals surface area contributed by atoms with E-state index >= 15 is 0 Å². The zero-order chi connectivity index (χ0) is 16.1. The van der Waals surface area contributed by atoms with Gasteiger partial charge >= 0.3 is 0 Å². The van der Waals surface area contributed by atoms with Gasteiger partial charge in [-0.1, -0.05) is 23.7 Å². The molecule has 0 aromatic heterocycles. The quantitative estimate of drug-likeness (QED) is 0.673. The van der Waals surface area contributed by atoms with Gasteiger partial charge in [-0.2, -0.15) is 0 Å². The number of carbonyl (C=O) groups excluding carboxylic acids is 1. The Bertz CT molecular complexity index is 718. The molecule has 0 fully saturated rings. The molecule has 0 aliphatic carbocycles. The SMILES string of the molecule is COCc1cccc(NC(=O)c2ccc([N+](=O)[O-])cc2Cl)c1. The number of rotatable bonds is 5. The molecule has 114 valence electrons. The van der Waals surface area contributed by atoms with Crippen LogP contribution in [-0.4, -0.2) is 17.9 Å². The van der Waals surface area contributed by atoms with E-state index in [0.29, 0.717) is 12.3 Å². The number of anilines is 1. The molecular formula is C15H13ClN2O4. The standard InChI is InChI=1S/C15H13ClN2O4/c1-22-9-10-3-2-4-11(7-10)17-15(19)13-6-5-12(18(20)21)8-14(13)16/h2-8H,9H2,1H3,(H,17,19). The van der Waals surface area contributed by atoms with E-state index in [4.69, 9.17) is 16.3 Å². The van der Waals surface area contributed by atoms with Gasteiger partial charge in [0.1, 0.15) is 0 Å². The van der Waals surface area contributed by atoms with Crippen molar-refractivity contribution in [3.05, 3.63) is 68.7 Å². The monoisotopic (exact) mass is 320 g/mol. The molecule has 0 heterocycles. The number of hydrogen-bond donors (Lipinski definition) is 1. The molecule has 0 radical (unpaired) electrons. The number of amides is 1. The molecule has 6 nitrogen and oxygen atoms in total. The minimum atomic E-state index is -0.568. The summed E-state index contributed by atoms with van der Waals surface area (Å²) in [4.78, 5) is 22.3. The Balaban J connectivity index is 2.18. The normalized spacial score (nSPS) is 10.3. The summed E-state index contributed by atoms with van der Waals surface area (Å²) >= 11 is 5.93. The van der Waals surface area contributed by atoms with Gasteiger partial charge in [-0.05, 0) is 23.8 Å². The maximum absolute atomic E-state index is 12.2. The first kappa shape index (κ1) is 15.9. The maximum Gasteiger partial charge on any atom is 0.270 e. The summed E-state index contributed by atoms with van der Waals surface area (Å²) in [6.07, 6.45) is 0. The molecule has 1 amide bonds. The average Bonchev–Trinajstić information content (AvgIpc) is 2.47. The number of benzene rings is 2. The minimum absolute atomic E-state index is 0.0275. The smallest absolute Gasteiger partial charge is 0.270 e. The Kier molecular flexibility index (Phi) is 5.08. The number of methoxy groups -OCH3 is 1. The Hall–Kier alpha value is -2.44. The Morgan fingerprint density at radius 3 is 2.73 bits per heavy atom. The fourth-order valence-electron chi connectivity index (χ4n) is 1.91. The number of nitro groups is 1. The molecule has 0 bridgehead atoms. The predicted octanol–water partition coefficient (Wildman–Crippen LogP) is 3.65. The Labute approximate surface area is 131 Å². The zero-order valence-corrected chi connectivity index (χ0v) is 12.5. The van der Waals surface area contributed by atoms with Gasteiger partial charge < -0.3 is 10.1 Å². The molecule has 0 saturated heterocycles. The molecular weight excluding hydrogens is 308 g/mol. The van der Waals surface area contributed by atoms with Crippen molar-refractivity contribution in [2.45, 2.75) is 6.61 Å². The highest BCUT2D eigenvalue weighted by atomic mass is 35.5. The van der Waals surface area contributed by atoms with Crippen molar-refractivity contribution in [1.29, 1.82) is 0 Å². The Morgan fingerprint density at radius 2 is 2.09 bits per heavy atom. The fourth-order valence-corrected chi connectivity index (χ4v) is 2.17. The first-order chi connectivity index (χ1) is 10.5. The number of nitrogens with one attached hydrogen (secondary N) is 1. The highest BCUT2D eigenvalue weighted by molar-refractivity contribution is 6.34. The lowest BCUT2D eigenvalue weighted by atomic mass is 10.1. The predicted molar refractivity (Wildman–Crippen MR) is 83.2 cm³/mol. The summed E-state index contributed by atoms with van der Waals surface area (Å²) in [5, 5.41) is 13.4. The second-order valence-electron chi connectivity index (χ2n) is 4.51. The summed E-state index contributed by atoms with van der Waals surface area (Å²) in [6, 6.07) is 10.9. The van der Waals surface area contributed by atoms with Crippen molar-refractivity contribution in [2.24, 2.45) is 0 Å². The van der Waals surface area contributed by atoms with Gasteiger partial charge in [-0.25, -0.2) is 0 Å². The lowest BCUT2D eigenvalue weighted by Gasteiger charge is -2.08. The van der Waals surface area contributed by atoms with Crippen molar-refractivity contribution < 1.29 is 14.5 Å². The zero-order valence-electron chi connectivity index (χ0n) is 11.7. The van der Waals surface area contributed by atoms with Crippen LogP contribution < -0.4 is 5.32 Å². The highest BCUT2D eigenvalue weighted by Crippen LogP contribution is 2.23. The molecule has 0 unspecified atom stereocenters. The maximum atomic E-state index is 12.2. The van der Waals surface area contributed by atoms with E-state index in [9.17, 15) is 14.9 Å². The van der Waals surface area contributed by atoms with E-state index in [0.717, 1.165) is 11.6 Å². The summed E-state index contributed by atoms with van der Waals surface area (Å²) in [5.74, 6) is -0.436. The molecule has 2 aromatic carbocycles. The minimum Gasteiger partial charge on any atom is -0.380 e. The molecule has 0 saturated carbocycles. The number of ether oxygens (including phenoxy) is 1. The number of nitro benzene ring substituents is 1. The van der Waals surface area contributed by atoms with Crippen LogP contribution in [0.5, 0.6) is 0 Å². The Morgan fingerprint density at radius 1 is 1.32 bits per heavy atom. The van der Waals surface area contributed by atoms with Crippen LogP contribution in [-0.2, 0) is 11.3 Å². The van der Waals surface area contributed by atoms with Crippen LogP contribution in [0.2, 0.25) is 5.02 Å². The van der Waals surface area contributed by atoms with Crippen molar-refractivity contribution in [1.82, 2.24) is 0 Å². The third-order valence-electron chi connectivity index (χ3n) is 2.90. The molecule has 0 aliphatic heterocycles. The molecule has 22 heavy (non-hydrogen) atoms. The van der Waals surface area contributed by atoms with Gasteiger partial charge in [0, 0.05) is 24.9 Å². The van der Waals surface area contributed by atoms with E-state index in [-0.39, 0.29) is 16.3 Å². The molecule has 0 aliphatic rings. The van der Waals surface area contributed by atoms with Crippen molar-refractivity contribution in [2.75, 3.05) is 12.4 Å². The molecule has 0 spiro atoms. The van der Waals surface area contributed by atoms with Crippen LogP contribution in [0.1, 0.15) is 15.9 Å². The molecule has 1 N–H and O–H groups in total. The van der Waals surface area contributed by atoms with Crippen LogP contribution in [0.3, 0.4) is 0 Å². The highest BCUT2D eigenvalue weighted by Gasteiger charge is 2.15. The van der Waals surface area contributed by atoms with E-state index in [1.165, 1.54) is 12.1 Å². The van der Waals surface area contributed by atoms with E-state index < -0.39 is 10.8 Å². The fraction of sp³-hybridized carbons (Fsp3) is 0.133. The van der Waals surface area contributed by atoms with Crippen LogP contribution >= 0.6 is 11.6 Å². The van der Waals surface area contributed by atoms with Gasteiger partial charge in [0.15, 0.2) is 0 Å². The number of nitrogens with zero attached hydrogens (tertiary/aromatic N) is 1. The third kappa shape index (κ3) is 3.81. The molecule has 2 aromatic rings. The average molecular weight is 321 g/mol. The summed E-state index contributed by atoms with van der Waals surface area (Å²) in [6.45, 7) is 0.433. The van der Waals surface area contributed by atoms with Crippen molar-refractivity contribution in [3.8, 4) is 0 Å². The molecule has 2 rings (SSSR count). The summed E-state index contributed by atoms with van der Waals surface area (Å²) in [5.41, 5.74) is 1.51. The van der Waals surface area contributed by atoms with E-state index in [1.54, 1.807) is 25.3 Å².